The van der Waals surface area contributed by atoms with Crippen molar-refractivity contribution >= 4 is 16.8 Å². The van der Waals surface area contributed by atoms with E-state index in [-0.39, 0.29) is 0 Å². The molecule has 16 heavy (non-hydrogen) atoms. The first-order chi connectivity index (χ1) is 7.65. The first-order valence-corrected chi connectivity index (χ1v) is 5.77. The largest absolute Gasteiger partial charge is 0.0870 e. The first-order valence-electron chi connectivity index (χ1n) is 5.77. The minimum atomic E-state index is 1.36. The van der Waals surface area contributed by atoms with Gasteiger partial charge in [-0.05, 0) is 60.7 Å². The normalized spacial score (nSPS) is 11.5. The van der Waals surface area contributed by atoms with Gasteiger partial charge >= 0.3 is 0 Å². The summed E-state index contributed by atoms with van der Waals surface area (Å²) in [5, 5.41) is 2.75. The molecule has 0 saturated heterocycles. The molecule has 0 bridgehead atoms. The van der Waals surface area contributed by atoms with Gasteiger partial charge in [-0.25, -0.2) is 0 Å². The van der Waals surface area contributed by atoms with E-state index in [1.54, 1.807) is 0 Å². The molecule has 0 aromatic heterocycles. The second-order valence-electron chi connectivity index (χ2n) is 4.40. The molecule has 2 aromatic carbocycles. The molecule has 0 aliphatic rings. The van der Waals surface area contributed by atoms with Crippen molar-refractivity contribution in [2.24, 2.45) is 0 Å². The molecule has 0 amide bonds. The Morgan fingerprint density at radius 3 is 2.38 bits per heavy atom. The molecule has 0 heterocycles. The van der Waals surface area contributed by atoms with Crippen LogP contribution in [0.3, 0.4) is 0 Å². The quantitative estimate of drug-likeness (QED) is 0.634. The third kappa shape index (κ3) is 1.65. The van der Waals surface area contributed by atoms with Crippen molar-refractivity contribution in [2.45, 2.75) is 27.7 Å². The summed E-state index contributed by atoms with van der Waals surface area (Å²) in [6, 6.07) is 8.83. The van der Waals surface area contributed by atoms with Crippen LogP contribution in [0.5, 0.6) is 0 Å². The highest BCUT2D eigenvalue weighted by atomic mass is 14.1. The smallest absolute Gasteiger partial charge is 0.0146 e. The minimum absolute atomic E-state index is 1.36. The zero-order chi connectivity index (χ0) is 11.7. The lowest BCUT2D eigenvalue weighted by Crippen LogP contribution is -1.90. The average Bonchev–Trinajstić information content (AvgIpc) is 2.26. The topological polar surface area (TPSA) is 0 Å². The van der Waals surface area contributed by atoms with E-state index in [1.807, 2.05) is 0 Å². The van der Waals surface area contributed by atoms with Gasteiger partial charge in [0.25, 0.3) is 0 Å². The maximum atomic E-state index is 2.30. The number of hydrogen-bond acceptors (Lipinski definition) is 0. The average molecular weight is 210 g/mol. The van der Waals surface area contributed by atoms with Crippen LogP contribution in [0.1, 0.15) is 29.2 Å². The van der Waals surface area contributed by atoms with Crippen LogP contribution >= 0.6 is 0 Å². The molecule has 0 atom stereocenters. The number of fused-ring (bicyclic) bond motifs is 1. The Labute approximate surface area is 97.6 Å². The second-order valence-corrected chi connectivity index (χ2v) is 4.40. The molecule has 0 saturated carbocycles. The van der Waals surface area contributed by atoms with Gasteiger partial charge in [0, 0.05) is 0 Å². The van der Waals surface area contributed by atoms with Crippen LogP contribution in [0.2, 0.25) is 0 Å². The maximum Gasteiger partial charge on any atom is -0.0146 e. The van der Waals surface area contributed by atoms with Crippen LogP contribution in [-0.4, -0.2) is 0 Å². The highest BCUT2D eigenvalue weighted by Crippen LogP contribution is 2.28. The summed E-state index contributed by atoms with van der Waals surface area (Å²) >= 11 is 0. The number of aryl methyl sites for hydroxylation is 3. The lowest BCUT2D eigenvalue weighted by Gasteiger charge is -2.11. The third-order valence-electron chi connectivity index (χ3n) is 3.25. The van der Waals surface area contributed by atoms with Crippen LogP contribution < -0.4 is 0 Å². The molecule has 0 aliphatic carbocycles. The molecule has 0 radical (unpaired) electrons. The van der Waals surface area contributed by atoms with Gasteiger partial charge in [-0.2, -0.15) is 0 Å². The van der Waals surface area contributed by atoms with E-state index in [4.69, 9.17) is 0 Å². The van der Waals surface area contributed by atoms with E-state index in [1.165, 1.54) is 33.0 Å². The van der Waals surface area contributed by atoms with Crippen molar-refractivity contribution in [2.75, 3.05) is 0 Å². The summed E-state index contributed by atoms with van der Waals surface area (Å²) in [5.74, 6) is 0. The van der Waals surface area contributed by atoms with Crippen LogP contribution in [0.25, 0.3) is 16.8 Å². The predicted octanol–water partition coefficient (Wildman–Crippen LogP) is 4.80. The summed E-state index contributed by atoms with van der Waals surface area (Å²) < 4.78 is 0. The van der Waals surface area contributed by atoms with Gasteiger partial charge < -0.3 is 0 Å². The monoisotopic (exact) mass is 210 g/mol. The zero-order valence-electron chi connectivity index (χ0n) is 10.5. The fourth-order valence-corrected chi connectivity index (χ4v) is 2.36. The molecular formula is C16H18. The number of hydrogen-bond donors (Lipinski definition) is 0. The van der Waals surface area contributed by atoms with Gasteiger partial charge in [-0.3, -0.25) is 0 Å². The molecule has 0 N–H and O–H groups in total. The molecule has 2 aromatic rings. The summed E-state index contributed by atoms with van der Waals surface area (Å²) in [6.07, 6.45) is 4.31. The fraction of sp³-hybridized carbons (Fsp3) is 0.250. The van der Waals surface area contributed by atoms with Gasteiger partial charge in [0.1, 0.15) is 0 Å². The van der Waals surface area contributed by atoms with Crippen molar-refractivity contribution in [3.63, 3.8) is 0 Å². The summed E-state index contributed by atoms with van der Waals surface area (Å²) in [6.45, 7) is 8.65. The van der Waals surface area contributed by atoms with Crippen molar-refractivity contribution in [3.05, 3.63) is 52.6 Å². The summed E-state index contributed by atoms with van der Waals surface area (Å²) in [4.78, 5) is 0. The van der Waals surface area contributed by atoms with Crippen molar-refractivity contribution in [3.8, 4) is 0 Å². The lowest BCUT2D eigenvalue weighted by atomic mass is 9.93. The van der Waals surface area contributed by atoms with Gasteiger partial charge in [-0.1, -0.05) is 36.4 Å². The molecule has 0 heteroatoms. The van der Waals surface area contributed by atoms with E-state index < -0.39 is 0 Å². The minimum Gasteiger partial charge on any atom is -0.0870 e. The van der Waals surface area contributed by atoms with Gasteiger partial charge in [0.05, 0.1) is 0 Å². The van der Waals surface area contributed by atoms with Crippen molar-refractivity contribution in [1.29, 1.82) is 0 Å². The third-order valence-corrected chi connectivity index (χ3v) is 3.25. The SMILES string of the molecule is C/C=C\c1c(C)cc2c(C)cccc2c1C. The molecule has 2 rings (SSSR count). The Kier molecular flexibility index (Phi) is 2.82. The summed E-state index contributed by atoms with van der Waals surface area (Å²) in [5.41, 5.74) is 5.46. The zero-order valence-corrected chi connectivity index (χ0v) is 10.5. The number of rotatable bonds is 1. The van der Waals surface area contributed by atoms with Crippen LogP contribution in [0.15, 0.2) is 30.3 Å². The Morgan fingerprint density at radius 2 is 1.69 bits per heavy atom. The Hall–Kier alpha value is -1.56. The molecule has 0 aliphatic heterocycles. The molecule has 0 spiro atoms. The number of benzene rings is 2. The fourth-order valence-electron chi connectivity index (χ4n) is 2.36. The van der Waals surface area contributed by atoms with Crippen LogP contribution in [0.4, 0.5) is 0 Å². The van der Waals surface area contributed by atoms with E-state index in [9.17, 15) is 0 Å². The first kappa shape index (κ1) is 10.9. The van der Waals surface area contributed by atoms with E-state index >= 15 is 0 Å². The predicted molar refractivity (Wildman–Crippen MR) is 72.9 cm³/mol. The molecule has 0 fully saturated rings. The molecular weight excluding hydrogens is 192 g/mol. The van der Waals surface area contributed by atoms with Crippen LogP contribution in [0, 0.1) is 20.8 Å². The highest BCUT2D eigenvalue weighted by molar-refractivity contribution is 5.92. The van der Waals surface area contributed by atoms with E-state index in [0.29, 0.717) is 0 Å². The van der Waals surface area contributed by atoms with Crippen molar-refractivity contribution in [1.82, 2.24) is 0 Å². The lowest BCUT2D eigenvalue weighted by molar-refractivity contribution is 1.38. The van der Waals surface area contributed by atoms with E-state index in [0.717, 1.165) is 0 Å². The van der Waals surface area contributed by atoms with Gasteiger partial charge in [-0.15, -0.1) is 0 Å². The number of allylic oxidation sites excluding steroid dienone is 1. The maximum absolute atomic E-state index is 2.30. The Morgan fingerprint density at radius 1 is 0.938 bits per heavy atom. The van der Waals surface area contributed by atoms with Gasteiger partial charge in [0.2, 0.25) is 0 Å². The second kappa shape index (κ2) is 4.13. The Balaban J connectivity index is 2.89. The van der Waals surface area contributed by atoms with Crippen LogP contribution in [-0.2, 0) is 0 Å². The molecule has 82 valence electrons. The summed E-state index contributed by atoms with van der Waals surface area (Å²) in [7, 11) is 0. The molecule has 0 nitrogen and oxygen atoms in total. The standard InChI is InChI=1S/C16H18/c1-5-7-14-12(3)10-16-11(2)8-6-9-15(16)13(14)4/h5-10H,1-4H3/b7-5-. The Bertz CT molecular complexity index is 560. The van der Waals surface area contributed by atoms with Gasteiger partial charge in [0.15, 0.2) is 0 Å². The highest BCUT2D eigenvalue weighted by Gasteiger charge is 2.06. The van der Waals surface area contributed by atoms with E-state index in [2.05, 4.69) is 64.1 Å². The van der Waals surface area contributed by atoms with Crippen molar-refractivity contribution < 1.29 is 0 Å². The molecule has 0 unspecified atom stereocenters.